The van der Waals surface area contributed by atoms with Gasteiger partial charge in [0.05, 0.1) is 11.8 Å². The molecule has 1 saturated heterocycles. The van der Waals surface area contributed by atoms with Gasteiger partial charge in [-0.15, -0.1) is 0 Å². The largest absolute Gasteiger partial charge is 0.407 e. The predicted molar refractivity (Wildman–Crippen MR) is 145 cm³/mol. The highest BCUT2D eigenvalue weighted by Gasteiger charge is 2.58. The average Bonchev–Trinajstić information content (AvgIpc) is 3.75. The van der Waals surface area contributed by atoms with Crippen LogP contribution in [-0.2, 0) is 20.4 Å². The summed E-state index contributed by atoms with van der Waals surface area (Å²) in [6, 6.07) is 14.8. The summed E-state index contributed by atoms with van der Waals surface area (Å²) in [5, 5.41) is 15.1. The topological polar surface area (TPSA) is 102 Å². The molecule has 2 atom stereocenters. The Hall–Kier alpha value is -2.94. The van der Waals surface area contributed by atoms with Crippen molar-refractivity contribution in [3.05, 3.63) is 71.8 Å². The van der Waals surface area contributed by atoms with Crippen LogP contribution in [0.4, 0.5) is 13.2 Å². The van der Waals surface area contributed by atoms with Crippen LogP contribution in [0.25, 0.3) is 0 Å². The van der Waals surface area contributed by atoms with E-state index in [1.54, 1.807) is 36.4 Å². The number of amides is 1. The maximum Gasteiger partial charge on any atom is 0.407 e. The number of hydrogen-bond donors (Lipinski definition) is 2. The minimum Gasteiger partial charge on any atom is -0.335 e. The van der Waals surface area contributed by atoms with Crippen molar-refractivity contribution in [1.82, 2.24) is 15.5 Å². The van der Waals surface area contributed by atoms with Crippen LogP contribution in [0.2, 0.25) is 0 Å². The second kappa shape index (κ2) is 11.9. The van der Waals surface area contributed by atoms with E-state index in [0.717, 1.165) is 6.54 Å². The standard InChI is InChI=1S/C29H35F3N4O3S/c1-2-36-17-15-27(21-33,16-18-36)35-26(37)28(19-22-13-14-22,40(38,39)20-23-9-5-3-6-10-23)34-25(29(30,31)32)24-11-7-4-8-12-24/h3-12,22,25,34H,2,13-20H2,1H3,(H,35,37)/t25-,28+/m0/s1. The molecule has 2 N–H and O–H groups in total. The number of alkyl halides is 3. The van der Waals surface area contributed by atoms with Crippen molar-refractivity contribution in [2.24, 2.45) is 5.92 Å². The van der Waals surface area contributed by atoms with Gasteiger partial charge in [0.15, 0.2) is 9.84 Å². The Balaban J connectivity index is 1.81. The lowest BCUT2D eigenvalue weighted by molar-refractivity contribution is -0.162. The quantitative estimate of drug-likeness (QED) is 0.409. The van der Waals surface area contributed by atoms with Crippen molar-refractivity contribution in [2.45, 2.75) is 67.4 Å². The summed E-state index contributed by atoms with van der Waals surface area (Å²) in [5.41, 5.74) is -1.24. The second-order valence-corrected chi connectivity index (χ2v) is 13.0. The SMILES string of the molecule is CCN1CCC(C#N)(NC(=O)[C@](CC2CC2)(N[C@@H](c2ccccc2)C(F)(F)F)S(=O)(=O)Cc2ccccc2)CC1. The van der Waals surface area contributed by atoms with Crippen molar-refractivity contribution >= 4 is 15.7 Å². The highest BCUT2D eigenvalue weighted by atomic mass is 32.2. The molecule has 2 aromatic carbocycles. The average molecular weight is 577 g/mol. The van der Waals surface area contributed by atoms with Crippen LogP contribution in [0.3, 0.4) is 0 Å². The number of halogens is 3. The number of carbonyl (C=O) groups excluding carboxylic acids is 1. The number of rotatable bonds is 11. The Kier molecular flexibility index (Phi) is 8.93. The molecule has 0 radical (unpaired) electrons. The van der Waals surface area contributed by atoms with E-state index in [1.165, 1.54) is 24.3 Å². The number of hydrogen-bond acceptors (Lipinski definition) is 6. The number of nitriles is 1. The Morgan fingerprint density at radius 1 is 1.07 bits per heavy atom. The third-order valence-corrected chi connectivity index (χ3v) is 10.2. The maximum absolute atomic E-state index is 14.6. The molecule has 1 heterocycles. The van der Waals surface area contributed by atoms with Crippen LogP contribution in [-0.4, -0.2) is 55.4 Å². The van der Waals surface area contributed by atoms with E-state index in [-0.39, 0.29) is 30.7 Å². The molecule has 1 aliphatic carbocycles. The molecule has 2 fully saturated rings. The molecule has 7 nitrogen and oxygen atoms in total. The third-order valence-electron chi connectivity index (χ3n) is 7.93. The van der Waals surface area contributed by atoms with Crippen molar-refractivity contribution in [3.8, 4) is 6.07 Å². The first-order valence-corrected chi connectivity index (χ1v) is 15.2. The van der Waals surface area contributed by atoms with Gasteiger partial charge in [0.2, 0.25) is 4.87 Å². The van der Waals surface area contributed by atoms with Gasteiger partial charge in [-0.05, 0) is 42.9 Å². The minimum atomic E-state index is -4.90. The normalized spacial score (nSPS) is 20.2. The molecule has 1 aliphatic heterocycles. The van der Waals surface area contributed by atoms with E-state index in [9.17, 15) is 31.6 Å². The lowest BCUT2D eigenvalue weighted by Crippen LogP contribution is -2.68. The third kappa shape index (κ3) is 6.67. The van der Waals surface area contributed by atoms with E-state index >= 15 is 0 Å². The Morgan fingerprint density at radius 2 is 1.65 bits per heavy atom. The summed E-state index contributed by atoms with van der Waals surface area (Å²) in [4.78, 5) is 13.7. The first kappa shape index (κ1) is 30.0. The Bertz CT molecular complexity index is 1300. The first-order valence-electron chi connectivity index (χ1n) is 13.6. The van der Waals surface area contributed by atoms with Crippen LogP contribution >= 0.6 is 0 Å². The monoisotopic (exact) mass is 576 g/mol. The lowest BCUT2D eigenvalue weighted by Gasteiger charge is -2.42. The zero-order valence-corrected chi connectivity index (χ0v) is 23.3. The van der Waals surface area contributed by atoms with Gasteiger partial charge in [0.1, 0.15) is 11.6 Å². The van der Waals surface area contributed by atoms with E-state index < -0.39 is 44.1 Å². The lowest BCUT2D eigenvalue weighted by atomic mass is 9.88. The minimum absolute atomic E-state index is 0.205. The summed E-state index contributed by atoms with van der Waals surface area (Å²) >= 11 is 0. The molecule has 1 saturated carbocycles. The first-order chi connectivity index (χ1) is 18.9. The second-order valence-electron chi connectivity index (χ2n) is 10.8. The fourth-order valence-electron chi connectivity index (χ4n) is 5.29. The van der Waals surface area contributed by atoms with Crippen molar-refractivity contribution < 1.29 is 26.4 Å². The van der Waals surface area contributed by atoms with Crippen LogP contribution in [0.1, 0.15) is 56.2 Å². The number of nitrogens with one attached hydrogen (secondary N) is 2. The fraction of sp³-hybridized carbons (Fsp3) is 0.517. The van der Waals surface area contributed by atoms with Crippen LogP contribution in [0, 0.1) is 17.2 Å². The molecule has 0 spiro atoms. The Labute approximate surface area is 233 Å². The molecule has 2 aliphatic rings. The van der Waals surface area contributed by atoms with Gasteiger partial charge in [-0.3, -0.25) is 10.1 Å². The molecule has 1 amide bonds. The molecular weight excluding hydrogens is 541 g/mol. The molecule has 4 rings (SSSR count). The van der Waals surface area contributed by atoms with Gasteiger partial charge in [-0.1, -0.05) is 80.4 Å². The van der Waals surface area contributed by atoms with Crippen molar-refractivity contribution in [2.75, 3.05) is 19.6 Å². The smallest absolute Gasteiger partial charge is 0.335 e. The van der Waals surface area contributed by atoms with E-state index in [4.69, 9.17) is 0 Å². The van der Waals surface area contributed by atoms with Gasteiger partial charge in [0.25, 0.3) is 5.91 Å². The summed E-state index contributed by atoms with van der Waals surface area (Å²) in [5.74, 6) is -1.98. The van der Waals surface area contributed by atoms with E-state index in [2.05, 4.69) is 21.6 Å². The number of piperidine rings is 1. The van der Waals surface area contributed by atoms with Crippen LogP contribution in [0.15, 0.2) is 60.7 Å². The molecule has 0 unspecified atom stereocenters. The fourth-order valence-corrected chi connectivity index (χ4v) is 7.29. The van der Waals surface area contributed by atoms with Gasteiger partial charge < -0.3 is 10.2 Å². The summed E-state index contributed by atoms with van der Waals surface area (Å²) in [6.45, 7) is 3.72. The van der Waals surface area contributed by atoms with Gasteiger partial charge in [-0.25, -0.2) is 8.42 Å². The molecule has 2 aromatic rings. The zero-order chi connectivity index (χ0) is 29.0. The van der Waals surface area contributed by atoms with Gasteiger partial charge in [0, 0.05) is 13.1 Å². The number of sulfone groups is 1. The predicted octanol–water partition coefficient (Wildman–Crippen LogP) is 4.49. The number of benzene rings is 2. The van der Waals surface area contributed by atoms with Crippen LogP contribution in [0.5, 0.6) is 0 Å². The molecule has 11 heteroatoms. The molecule has 0 bridgehead atoms. The summed E-state index contributed by atoms with van der Waals surface area (Å²) in [7, 11) is -4.60. The number of carbonyl (C=O) groups is 1. The highest BCUT2D eigenvalue weighted by molar-refractivity contribution is 7.92. The molecule has 40 heavy (non-hydrogen) atoms. The summed E-state index contributed by atoms with van der Waals surface area (Å²) < 4.78 is 72.4. The van der Waals surface area contributed by atoms with Crippen molar-refractivity contribution in [3.63, 3.8) is 0 Å². The van der Waals surface area contributed by atoms with E-state index in [1.807, 2.05) is 6.92 Å². The number of likely N-dealkylation sites (tertiary alicyclic amines) is 1. The maximum atomic E-state index is 14.6. The molecule has 216 valence electrons. The van der Waals surface area contributed by atoms with E-state index in [0.29, 0.717) is 31.5 Å². The van der Waals surface area contributed by atoms with Crippen molar-refractivity contribution in [1.29, 1.82) is 5.26 Å². The van der Waals surface area contributed by atoms with Crippen LogP contribution < -0.4 is 10.6 Å². The Morgan fingerprint density at radius 3 is 2.15 bits per heavy atom. The van der Waals surface area contributed by atoms with Gasteiger partial charge >= 0.3 is 6.18 Å². The zero-order valence-electron chi connectivity index (χ0n) is 22.5. The molecule has 0 aromatic heterocycles. The highest BCUT2D eigenvalue weighted by Crippen LogP contribution is 2.44. The molecular formula is C29H35F3N4O3S. The summed E-state index contributed by atoms with van der Waals surface area (Å²) in [6.07, 6.45) is -3.54. The number of nitrogens with zero attached hydrogens (tertiary/aromatic N) is 2. The van der Waals surface area contributed by atoms with Gasteiger partial charge in [-0.2, -0.15) is 18.4 Å².